The Labute approximate surface area is 149 Å². The Balaban J connectivity index is 2.16. The van der Waals surface area contributed by atoms with Crippen molar-refractivity contribution in [1.29, 1.82) is 5.26 Å². The molecule has 0 aliphatic heterocycles. The first-order chi connectivity index (χ1) is 12.1. The number of hydrogen-bond donors (Lipinski definition) is 1. The van der Waals surface area contributed by atoms with Crippen LogP contribution in [0.4, 0.5) is 0 Å². The highest BCUT2D eigenvalue weighted by Gasteiger charge is 2.19. The van der Waals surface area contributed by atoms with Crippen molar-refractivity contribution in [2.45, 2.75) is 58.1 Å². The van der Waals surface area contributed by atoms with Gasteiger partial charge in [-0.3, -0.25) is 4.79 Å². The van der Waals surface area contributed by atoms with Crippen molar-refractivity contribution in [3.8, 4) is 17.6 Å². The lowest BCUT2D eigenvalue weighted by molar-refractivity contribution is -0.117. The average Bonchev–Trinajstić information content (AvgIpc) is 3.13. The third-order valence-electron chi connectivity index (χ3n) is 4.46. The number of carbonyl (C=O) groups excluding carboxylic acids is 1. The second kappa shape index (κ2) is 9.12. The molecule has 1 fully saturated rings. The maximum absolute atomic E-state index is 12.3. The van der Waals surface area contributed by atoms with Crippen LogP contribution in [-0.4, -0.2) is 25.2 Å². The Morgan fingerprint density at radius 1 is 1.40 bits per heavy atom. The van der Waals surface area contributed by atoms with E-state index in [2.05, 4.69) is 12.2 Å². The molecule has 25 heavy (non-hydrogen) atoms. The number of ether oxygens (including phenoxy) is 2. The van der Waals surface area contributed by atoms with Gasteiger partial charge in [0.15, 0.2) is 11.5 Å². The van der Waals surface area contributed by atoms with E-state index in [-0.39, 0.29) is 23.6 Å². The van der Waals surface area contributed by atoms with E-state index in [0.29, 0.717) is 11.5 Å². The zero-order valence-corrected chi connectivity index (χ0v) is 15.2. The van der Waals surface area contributed by atoms with Gasteiger partial charge in [0.1, 0.15) is 11.6 Å². The van der Waals surface area contributed by atoms with Crippen LogP contribution in [0.15, 0.2) is 23.8 Å². The SMILES string of the molecule is CC[C@H](C)Oc1ccc(/C=C(/C#N)C(=O)NC2CCCC2)cc1OC. The number of hydrogen-bond acceptors (Lipinski definition) is 4. The fourth-order valence-corrected chi connectivity index (χ4v) is 2.82. The fourth-order valence-electron chi connectivity index (χ4n) is 2.82. The number of methoxy groups -OCH3 is 1. The summed E-state index contributed by atoms with van der Waals surface area (Å²) >= 11 is 0. The van der Waals surface area contributed by atoms with Crippen LogP contribution in [0.3, 0.4) is 0 Å². The van der Waals surface area contributed by atoms with E-state index in [0.717, 1.165) is 37.7 Å². The molecular weight excluding hydrogens is 316 g/mol. The molecule has 1 aliphatic carbocycles. The molecule has 1 amide bonds. The second-order valence-corrected chi connectivity index (χ2v) is 6.37. The second-order valence-electron chi connectivity index (χ2n) is 6.37. The van der Waals surface area contributed by atoms with Crippen LogP contribution in [0.2, 0.25) is 0 Å². The summed E-state index contributed by atoms with van der Waals surface area (Å²) in [5.41, 5.74) is 0.830. The van der Waals surface area contributed by atoms with Crippen molar-refractivity contribution >= 4 is 12.0 Å². The third kappa shape index (κ3) is 5.25. The quantitative estimate of drug-likeness (QED) is 0.604. The third-order valence-corrected chi connectivity index (χ3v) is 4.46. The normalized spacial score (nSPS) is 16.2. The highest BCUT2D eigenvalue weighted by molar-refractivity contribution is 6.01. The molecule has 0 radical (unpaired) electrons. The Bertz CT molecular complexity index is 670. The van der Waals surface area contributed by atoms with Crippen LogP contribution < -0.4 is 14.8 Å². The van der Waals surface area contributed by atoms with Crippen LogP contribution in [0.5, 0.6) is 11.5 Å². The molecule has 0 saturated heterocycles. The van der Waals surface area contributed by atoms with Crippen molar-refractivity contribution in [3.05, 3.63) is 29.3 Å². The van der Waals surface area contributed by atoms with Gasteiger partial charge in [0.2, 0.25) is 0 Å². The Morgan fingerprint density at radius 3 is 2.72 bits per heavy atom. The first-order valence-electron chi connectivity index (χ1n) is 8.84. The standard InChI is InChI=1S/C20H26N2O3/c1-4-14(2)25-18-10-9-15(12-19(18)24-3)11-16(13-21)20(23)22-17-7-5-6-8-17/h9-12,14,17H,4-8H2,1-3H3,(H,22,23)/b16-11-/t14-/m0/s1. The number of nitrogens with one attached hydrogen (secondary N) is 1. The molecule has 1 atom stereocenters. The molecule has 0 spiro atoms. The van der Waals surface area contributed by atoms with Gasteiger partial charge in [-0.1, -0.05) is 25.8 Å². The van der Waals surface area contributed by atoms with E-state index in [1.54, 1.807) is 25.3 Å². The van der Waals surface area contributed by atoms with Gasteiger partial charge in [0.25, 0.3) is 5.91 Å². The van der Waals surface area contributed by atoms with Crippen molar-refractivity contribution in [2.24, 2.45) is 0 Å². The zero-order chi connectivity index (χ0) is 18.2. The molecule has 5 heteroatoms. The Morgan fingerprint density at radius 2 is 2.12 bits per heavy atom. The lowest BCUT2D eigenvalue weighted by atomic mass is 10.1. The first-order valence-corrected chi connectivity index (χ1v) is 8.84. The number of benzene rings is 1. The summed E-state index contributed by atoms with van der Waals surface area (Å²) in [7, 11) is 1.57. The summed E-state index contributed by atoms with van der Waals surface area (Å²) in [5, 5.41) is 12.3. The van der Waals surface area contributed by atoms with E-state index in [4.69, 9.17) is 9.47 Å². The van der Waals surface area contributed by atoms with Crippen molar-refractivity contribution in [1.82, 2.24) is 5.32 Å². The van der Waals surface area contributed by atoms with Crippen LogP contribution in [0, 0.1) is 11.3 Å². The fraction of sp³-hybridized carbons (Fsp3) is 0.500. The van der Waals surface area contributed by atoms with Gasteiger partial charge in [-0.25, -0.2) is 0 Å². The Kier molecular flexibility index (Phi) is 6.88. The summed E-state index contributed by atoms with van der Waals surface area (Å²) in [5.74, 6) is 0.929. The average molecular weight is 342 g/mol. The molecule has 0 unspecified atom stereocenters. The molecule has 0 aromatic heterocycles. The van der Waals surface area contributed by atoms with Crippen molar-refractivity contribution < 1.29 is 14.3 Å². The summed E-state index contributed by atoms with van der Waals surface area (Å²) < 4.78 is 11.2. The van der Waals surface area contributed by atoms with Crippen LogP contribution in [-0.2, 0) is 4.79 Å². The van der Waals surface area contributed by atoms with Gasteiger partial charge < -0.3 is 14.8 Å². The maximum atomic E-state index is 12.3. The molecule has 134 valence electrons. The first kappa shape index (κ1) is 18.9. The number of nitriles is 1. The van der Waals surface area contributed by atoms with Crippen LogP contribution in [0.25, 0.3) is 6.08 Å². The molecule has 1 aliphatic rings. The predicted molar refractivity (Wildman–Crippen MR) is 97.4 cm³/mol. The van der Waals surface area contributed by atoms with Gasteiger partial charge in [0.05, 0.1) is 13.2 Å². The number of amides is 1. The van der Waals surface area contributed by atoms with Crippen LogP contribution >= 0.6 is 0 Å². The summed E-state index contributed by atoms with van der Waals surface area (Å²) in [6, 6.07) is 7.58. The molecule has 0 bridgehead atoms. The van der Waals surface area contributed by atoms with Crippen molar-refractivity contribution in [3.63, 3.8) is 0 Å². The molecule has 2 rings (SSSR count). The topological polar surface area (TPSA) is 71.3 Å². The molecule has 1 aromatic rings. The van der Waals surface area contributed by atoms with Gasteiger partial charge in [-0.15, -0.1) is 0 Å². The number of nitrogens with zero attached hydrogens (tertiary/aromatic N) is 1. The molecule has 1 saturated carbocycles. The minimum Gasteiger partial charge on any atom is -0.493 e. The van der Waals surface area contributed by atoms with E-state index in [1.807, 2.05) is 19.1 Å². The highest BCUT2D eigenvalue weighted by atomic mass is 16.5. The lowest BCUT2D eigenvalue weighted by Gasteiger charge is -2.16. The van der Waals surface area contributed by atoms with Crippen molar-refractivity contribution in [2.75, 3.05) is 7.11 Å². The minimum absolute atomic E-state index is 0.0853. The minimum atomic E-state index is -0.312. The molecule has 5 nitrogen and oxygen atoms in total. The predicted octanol–water partition coefficient (Wildman–Crippen LogP) is 3.84. The number of carbonyl (C=O) groups is 1. The maximum Gasteiger partial charge on any atom is 0.262 e. The smallest absolute Gasteiger partial charge is 0.262 e. The van der Waals surface area contributed by atoms with E-state index < -0.39 is 0 Å². The van der Waals surface area contributed by atoms with Gasteiger partial charge in [-0.05, 0) is 50.0 Å². The summed E-state index contributed by atoms with van der Waals surface area (Å²) in [6.07, 6.45) is 6.79. The molecule has 1 N–H and O–H groups in total. The zero-order valence-electron chi connectivity index (χ0n) is 15.2. The Hall–Kier alpha value is -2.48. The van der Waals surface area contributed by atoms with Gasteiger partial charge in [0, 0.05) is 6.04 Å². The van der Waals surface area contributed by atoms with Crippen LogP contribution in [0.1, 0.15) is 51.5 Å². The monoisotopic (exact) mass is 342 g/mol. The molecule has 1 aromatic carbocycles. The summed E-state index contributed by atoms with van der Waals surface area (Å²) in [4.78, 5) is 12.3. The molecule has 0 heterocycles. The van der Waals surface area contributed by atoms with Gasteiger partial charge in [-0.2, -0.15) is 5.26 Å². The van der Waals surface area contributed by atoms with E-state index >= 15 is 0 Å². The lowest BCUT2D eigenvalue weighted by Crippen LogP contribution is -2.33. The summed E-state index contributed by atoms with van der Waals surface area (Å²) in [6.45, 7) is 4.05. The van der Waals surface area contributed by atoms with E-state index in [9.17, 15) is 10.1 Å². The van der Waals surface area contributed by atoms with Gasteiger partial charge >= 0.3 is 0 Å². The number of rotatable bonds is 7. The molecular formula is C20H26N2O3. The van der Waals surface area contributed by atoms with E-state index in [1.165, 1.54) is 0 Å². The highest BCUT2D eigenvalue weighted by Crippen LogP contribution is 2.30. The largest absolute Gasteiger partial charge is 0.493 e.